The van der Waals surface area contributed by atoms with E-state index in [0.29, 0.717) is 23.8 Å². The van der Waals surface area contributed by atoms with Crippen molar-refractivity contribution in [3.63, 3.8) is 0 Å². The normalized spacial score (nSPS) is 11.1. The van der Waals surface area contributed by atoms with Gasteiger partial charge in [0.15, 0.2) is 5.65 Å². The number of fused-ring (bicyclic) bond motifs is 1. The molecule has 0 aliphatic rings. The molecule has 7 nitrogen and oxygen atoms in total. The Bertz CT molecular complexity index is 786. The first kappa shape index (κ1) is 11.8. The van der Waals surface area contributed by atoms with Crippen molar-refractivity contribution in [2.75, 3.05) is 5.32 Å². The number of nitrogens with zero attached hydrogens (tertiary/aromatic N) is 4. The molecule has 8 heteroatoms. The van der Waals surface area contributed by atoms with Gasteiger partial charge in [0.2, 0.25) is 0 Å². The number of hydrogen-bond acceptors (Lipinski definition) is 6. The number of thiazole rings is 1. The van der Waals surface area contributed by atoms with E-state index >= 15 is 0 Å². The number of rotatable bonds is 3. The molecule has 0 bridgehead atoms. The van der Waals surface area contributed by atoms with E-state index in [2.05, 4.69) is 25.5 Å². The second-order valence-electron chi connectivity index (χ2n) is 4.11. The van der Waals surface area contributed by atoms with Gasteiger partial charge in [-0.15, -0.1) is 11.3 Å². The third kappa shape index (κ3) is 2.22. The van der Waals surface area contributed by atoms with E-state index in [0.717, 1.165) is 9.88 Å². The number of nitrogens with one attached hydrogen (secondary N) is 2. The van der Waals surface area contributed by atoms with Crippen LogP contribution in [0.15, 0.2) is 17.1 Å². The lowest BCUT2D eigenvalue weighted by atomic mass is 10.4. The summed E-state index contributed by atoms with van der Waals surface area (Å²) in [7, 11) is 0. The van der Waals surface area contributed by atoms with E-state index in [1.54, 1.807) is 24.3 Å². The van der Waals surface area contributed by atoms with Crippen molar-refractivity contribution in [1.82, 2.24) is 24.6 Å². The van der Waals surface area contributed by atoms with Gasteiger partial charge in [0.05, 0.1) is 11.6 Å². The molecule has 3 aromatic heterocycles. The van der Waals surface area contributed by atoms with Crippen LogP contribution in [0.4, 0.5) is 5.82 Å². The minimum Gasteiger partial charge on any atom is -0.365 e. The van der Waals surface area contributed by atoms with Crippen LogP contribution in [0.5, 0.6) is 0 Å². The maximum absolute atomic E-state index is 11.5. The topological polar surface area (TPSA) is 88.0 Å². The first-order valence-electron chi connectivity index (χ1n) is 5.73. The summed E-state index contributed by atoms with van der Waals surface area (Å²) in [5.41, 5.74) is 0.283. The molecule has 0 aromatic carbocycles. The summed E-state index contributed by atoms with van der Waals surface area (Å²) in [4.78, 5) is 21.1. The van der Waals surface area contributed by atoms with Gasteiger partial charge in [-0.05, 0) is 13.8 Å². The highest BCUT2D eigenvalue weighted by molar-refractivity contribution is 7.11. The molecule has 3 heterocycles. The van der Waals surface area contributed by atoms with Gasteiger partial charge in [-0.2, -0.15) is 5.10 Å². The highest BCUT2D eigenvalue weighted by Crippen LogP contribution is 2.14. The van der Waals surface area contributed by atoms with Gasteiger partial charge < -0.3 is 5.32 Å². The predicted molar refractivity (Wildman–Crippen MR) is 72.5 cm³/mol. The van der Waals surface area contributed by atoms with Gasteiger partial charge in [0.25, 0.3) is 0 Å². The van der Waals surface area contributed by atoms with Crippen LogP contribution in [0, 0.1) is 13.8 Å². The molecular formula is C11H12N6OS. The number of aromatic nitrogens is 5. The Morgan fingerprint density at radius 3 is 3.05 bits per heavy atom. The SMILES string of the molecule is Cc1ncc(CNc2cc3n[nH]c(=O)n3c(C)n2)s1. The Morgan fingerprint density at radius 2 is 2.32 bits per heavy atom. The zero-order valence-corrected chi connectivity index (χ0v) is 11.3. The molecule has 0 amide bonds. The summed E-state index contributed by atoms with van der Waals surface area (Å²) in [5.74, 6) is 1.29. The largest absolute Gasteiger partial charge is 0.365 e. The van der Waals surface area contributed by atoms with E-state index in [-0.39, 0.29) is 5.69 Å². The summed E-state index contributed by atoms with van der Waals surface area (Å²) >= 11 is 1.64. The molecule has 3 aromatic rings. The maximum Gasteiger partial charge on any atom is 0.349 e. The fourth-order valence-electron chi connectivity index (χ4n) is 1.85. The zero-order valence-electron chi connectivity index (χ0n) is 10.5. The second kappa shape index (κ2) is 4.47. The van der Waals surface area contributed by atoms with Crippen LogP contribution in [0.1, 0.15) is 15.7 Å². The summed E-state index contributed by atoms with van der Waals surface area (Å²) < 4.78 is 1.43. The van der Waals surface area contributed by atoms with Crippen LogP contribution in [-0.4, -0.2) is 24.6 Å². The van der Waals surface area contributed by atoms with Crippen LogP contribution >= 0.6 is 11.3 Å². The van der Waals surface area contributed by atoms with Crippen LogP contribution in [-0.2, 0) is 6.54 Å². The number of anilines is 1. The Balaban J connectivity index is 1.87. The smallest absolute Gasteiger partial charge is 0.349 e. The quantitative estimate of drug-likeness (QED) is 0.748. The van der Waals surface area contributed by atoms with Gasteiger partial charge in [0, 0.05) is 17.1 Å². The van der Waals surface area contributed by atoms with Crippen molar-refractivity contribution >= 4 is 22.8 Å². The lowest BCUT2D eigenvalue weighted by Gasteiger charge is -2.05. The Kier molecular flexibility index (Phi) is 2.79. The van der Waals surface area contributed by atoms with Gasteiger partial charge in [-0.3, -0.25) is 0 Å². The molecule has 0 saturated heterocycles. The molecule has 19 heavy (non-hydrogen) atoms. The van der Waals surface area contributed by atoms with Crippen molar-refractivity contribution in [2.45, 2.75) is 20.4 Å². The molecule has 0 unspecified atom stereocenters. The Labute approximate surface area is 112 Å². The molecule has 0 radical (unpaired) electrons. The molecule has 98 valence electrons. The van der Waals surface area contributed by atoms with Crippen LogP contribution in [0.25, 0.3) is 5.65 Å². The van der Waals surface area contributed by atoms with E-state index in [1.165, 1.54) is 4.40 Å². The molecule has 2 N–H and O–H groups in total. The summed E-state index contributed by atoms with van der Waals surface area (Å²) in [5, 5.41) is 10.6. The zero-order chi connectivity index (χ0) is 13.4. The summed E-state index contributed by atoms with van der Waals surface area (Å²) in [6.07, 6.45) is 1.84. The fourth-order valence-corrected chi connectivity index (χ4v) is 2.59. The molecule has 3 rings (SSSR count). The van der Waals surface area contributed by atoms with E-state index in [1.807, 2.05) is 13.1 Å². The van der Waals surface area contributed by atoms with Crippen molar-refractivity contribution in [3.8, 4) is 0 Å². The number of hydrogen-bond donors (Lipinski definition) is 2. The lowest BCUT2D eigenvalue weighted by molar-refractivity contribution is 0.932. The fraction of sp³-hybridized carbons (Fsp3) is 0.273. The minimum absolute atomic E-state index is 0.273. The number of H-pyrrole nitrogens is 1. The van der Waals surface area contributed by atoms with Crippen molar-refractivity contribution < 1.29 is 0 Å². The molecule has 0 fully saturated rings. The third-order valence-corrected chi connectivity index (χ3v) is 3.60. The second-order valence-corrected chi connectivity index (χ2v) is 5.43. The van der Waals surface area contributed by atoms with Gasteiger partial charge >= 0.3 is 5.69 Å². The molecule has 0 atom stereocenters. The Hall–Kier alpha value is -2.22. The standard InChI is InChI=1S/C11H12N6OS/c1-6-14-9(3-10-15-16-11(18)17(6)10)13-5-8-4-12-7(2)19-8/h3-4,13H,5H2,1-2H3,(H,16,18). The highest BCUT2D eigenvalue weighted by Gasteiger charge is 2.07. The maximum atomic E-state index is 11.5. The van der Waals surface area contributed by atoms with E-state index < -0.39 is 0 Å². The van der Waals surface area contributed by atoms with E-state index in [9.17, 15) is 4.79 Å². The molecule has 0 spiro atoms. The average Bonchev–Trinajstić information content (AvgIpc) is 2.94. The number of aryl methyl sites for hydroxylation is 2. The van der Waals surface area contributed by atoms with Crippen LogP contribution in [0.3, 0.4) is 0 Å². The third-order valence-electron chi connectivity index (χ3n) is 2.68. The molecule has 0 aliphatic carbocycles. The first-order chi connectivity index (χ1) is 9.13. The number of aromatic amines is 1. The van der Waals surface area contributed by atoms with Crippen molar-refractivity contribution in [2.24, 2.45) is 0 Å². The molecule has 0 aliphatic heterocycles. The average molecular weight is 276 g/mol. The summed E-state index contributed by atoms with van der Waals surface area (Å²) in [6, 6.07) is 1.73. The highest BCUT2D eigenvalue weighted by atomic mass is 32.1. The summed E-state index contributed by atoms with van der Waals surface area (Å²) in [6.45, 7) is 4.40. The molecule has 0 saturated carbocycles. The van der Waals surface area contributed by atoms with Gasteiger partial charge in [0.1, 0.15) is 11.6 Å². The van der Waals surface area contributed by atoms with Crippen molar-refractivity contribution in [1.29, 1.82) is 0 Å². The molecular weight excluding hydrogens is 264 g/mol. The van der Waals surface area contributed by atoms with Crippen LogP contribution in [0.2, 0.25) is 0 Å². The predicted octanol–water partition coefficient (Wildman–Crippen LogP) is 1.10. The van der Waals surface area contributed by atoms with E-state index in [4.69, 9.17) is 0 Å². The van der Waals surface area contributed by atoms with Gasteiger partial charge in [-0.1, -0.05) is 0 Å². The minimum atomic E-state index is -0.273. The first-order valence-corrected chi connectivity index (χ1v) is 6.55. The van der Waals surface area contributed by atoms with Crippen LogP contribution < -0.4 is 11.0 Å². The lowest BCUT2D eigenvalue weighted by Crippen LogP contribution is -2.14. The van der Waals surface area contributed by atoms with Gasteiger partial charge in [-0.25, -0.2) is 24.3 Å². The van der Waals surface area contributed by atoms with Crippen molar-refractivity contribution in [3.05, 3.63) is 38.5 Å². The Morgan fingerprint density at radius 1 is 1.47 bits per heavy atom. The monoisotopic (exact) mass is 276 g/mol.